The van der Waals surface area contributed by atoms with E-state index in [1.165, 1.54) is 57.8 Å². The lowest BCUT2D eigenvalue weighted by Crippen LogP contribution is -2.56. The van der Waals surface area contributed by atoms with Gasteiger partial charge in [-0.1, -0.05) is 27.7 Å². The van der Waals surface area contributed by atoms with Gasteiger partial charge in [0.1, 0.15) is 0 Å². The highest BCUT2D eigenvalue weighted by Gasteiger charge is 2.69. The number of nitrogens with one attached hydrogen (secondary N) is 1. The van der Waals surface area contributed by atoms with Crippen LogP contribution in [0.1, 0.15) is 98.3 Å². The molecule has 0 bridgehead atoms. The fraction of sp³-hybridized carbons (Fsp3) is 0.971. The summed E-state index contributed by atoms with van der Waals surface area (Å²) in [6.07, 6.45) is 13.8. The smallest absolute Gasteiger partial charge is 0.221 e. The molecule has 7 rings (SSSR count). The van der Waals surface area contributed by atoms with Gasteiger partial charge >= 0.3 is 0 Å². The van der Waals surface area contributed by atoms with E-state index < -0.39 is 0 Å². The summed E-state index contributed by atoms with van der Waals surface area (Å²) in [5.74, 6) is 5.09. The summed E-state index contributed by atoms with van der Waals surface area (Å²) in [5.41, 5.74) is 0.846. The van der Waals surface area contributed by atoms with E-state index >= 15 is 0 Å². The quantitative estimate of drug-likeness (QED) is 0.481. The van der Waals surface area contributed by atoms with E-state index in [4.69, 9.17) is 9.47 Å². The molecular weight excluding hydrogens is 510 g/mol. The van der Waals surface area contributed by atoms with Crippen molar-refractivity contribution >= 4 is 5.91 Å². The summed E-state index contributed by atoms with van der Waals surface area (Å²) in [6.45, 7) is 16.3. The minimum atomic E-state index is -0.302. The standard InChI is InChI=1S/C35H59N3O3/c1-23-8-14-35(40-22-23)24(2)32-30(41-35)21-29-27-7-6-25-20-26(9-12-33(25,3)28(27)10-13-34(29,32)4)36-31(39)11-15-38-18-16-37(5)17-19-38/h23-30,32H,6-22H2,1-5H3,(H,36,39)/t23-,24+,25+,26-,27-,28+,29+,30+,32+,33+,34+,35-/m1/s1. The number of ether oxygens (including phenoxy) is 2. The third-order valence-electron chi connectivity index (χ3n) is 14.5. The second-order valence-electron chi connectivity index (χ2n) is 16.6. The van der Waals surface area contributed by atoms with Crippen LogP contribution in [-0.4, -0.2) is 80.0 Å². The highest BCUT2D eigenvalue weighted by Crippen LogP contribution is 2.71. The van der Waals surface area contributed by atoms with E-state index in [1.807, 2.05) is 0 Å². The van der Waals surface area contributed by atoms with Crippen LogP contribution in [0.4, 0.5) is 0 Å². The Bertz CT molecular complexity index is 974. The topological polar surface area (TPSA) is 54.0 Å². The molecule has 3 saturated heterocycles. The van der Waals surface area contributed by atoms with E-state index in [1.54, 1.807) is 0 Å². The molecule has 7 aliphatic rings. The number of carbonyl (C=O) groups excluding carboxylic acids is 1. The minimum absolute atomic E-state index is 0.278. The average molecular weight is 570 g/mol. The molecule has 6 nitrogen and oxygen atoms in total. The van der Waals surface area contributed by atoms with Gasteiger partial charge in [0.05, 0.1) is 12.7 Å². The van der Waals surface area contributed by atoms with Gasteiger partial charge in [-0.15, -0.1) is 0 Å². The van der Waals surface area contributed by atoms with Gasteiger partial charge in [-0.3, -0.25) is 4.79 Å². The number of amides is 1. The zero-order chi connectivity index (χ0) is 28.6. The second-order valence-corrected chi connectivity index (χ2v) is 16.6. The van der Waals surface area contributed by atoms with Gasteiger partial charge in [-0.25, -0.2) is 0 Å². The average Bonchev–Trinajstić information content (AvgIpc) is 3.40. The summed E-state index contributed by atoms with van der Waals surface area (Å²) in [6, 6.07) is 0.382. The molecule has 3 heterocycles. The van der Waals surface area contributed by atoms with Crippen molar-refractivity contribution in [3.63, 3.8) is 0 Å². The van der Waals surface area contributed by atoms with Gasteiger partial charge < -0.3 is 24.6 Å². The largest absolute Gasteiger partial charge is 0.353 e. The molecule has 0 aromatic carbocycles. The molecule has 0 unspecified atom stereocenters. The van der Waals surface area contributed by atoms with Crippen molar-refractivity contribution in [1.82, 2.24) is 15.1 Å². The lowest BCUT2D eigenvalue weighted by Gasteiger charge is -2.61. The summed E-state index contributed by atoms with van der Waals surface area (Å²) in [4.78, 5) is 17.8. The Hall–Kier alpha value is -0.690. The molecule has 232 valence electrons. The zero-order valence-electron chi connectivity index (χ0n) is 26.8. The van der Waals surface area contributed by atoms with Gasteiger partial charge in [0.15, 0.2) is 5.79 Å². The number of hydrogen-bond donors (Lipinski definition) is 1. The van der Waals surface area contributed by atoms with Crippen LogP contribution in [0.15, 0.2) is 0 Å². The van der Waals surface area contributed by atoms with E-state index in [2.05, 4.69) is 49.9 Å². The van der Waals surface area contributed by atoms with Crippen molar-refractivity contribution < 1.29 is 14.3 Å². The monoisotopic (exact) mass is 569 g/mol. The molecule has 4 aliphatic carbocycles. The first kappa shape index (κ1) is 29.0. The number of nitrogens with zero attached hydrogens (tertiary/aromatic N) is 2. The molecule has 0 aromatic heterocycles. The highest BCUT2D eigenvalue weighted by molar-refractivity contribution is 5.76. The van der Waals surface area contributed by atoms with Gasteiger partial charge in [-0.05, 0) is 111 Å². The Kier molecular flexibility index (Phi) is 7.60. The van der Waals surface area contributed by atoms with Crippen LogP contribution in [-0.2, 0) is 14.3 Å². The van der Waals surface area contributed by atoms with Crippen molar-refractivity contribution in [2.45, 2.75) is 116 Å². The van der Waals surface area contributed by atoms with Gasteiger partial charge in [0.2, 0.25) is 5.91 Å². The summed E-state index contributed by atoms with van der Waals surface area (Å²) in [5, 5.41) is 3.49. The fourth-order valence-electron chi connectivity index (χ4n) is 12.0. The predicted octanol–water partition coefficient (Wildman–Crippen LogP) is 5.56. The van der Waals surface area contributed by atoms with E-state index in [9.17, 15) is 4.79 Å². The molecule has 7 fully saturated rings. The Morgan fingerprint density at radius 1 is 0.902 bits per heavy atom. The predicted molar refractivity (Wildman–Crippen MR) is 162 cm³/mol. The van der Waals surface area contributed by atoms with E-state index in [-0.39, 0.29) is 11.7 Å². The molecule has 1 spiro atoms. The first-order valence-electron chi connectivity index (χ1n) is 17.6. The first-order valence-corrected chi connectivity index (χ1v) is 17.6. The van der Waals surface area contributed by atoms with Crippen molar-refractivity contribution in [3.05, 3.63) is 0 Å². The van der Waals surface area contributed by atoms with E-state index in [0.29, 0.717) is 47.2 Å². The molecule has 12 atom stereocenters. The number of fused-ring (bicyclic) bond motifs is 7. The van der Waals surface area contributed by atoms with Gasteiger partial charge in [0, 0.05) is 57.5 Å². The van der Waals surface area contributed by atoms with Crippen molar-refractivity contribution in [2.75, 3.05) is 46.4 Å². The third-order valence-corrected chi connectivity index (χ3v) is 14.5. The highest BCUT2D eigenvalue weighted by atomic mass is 16.7. The normalized spacial score (nSPS) is 52.0. The number of rotatable bonds is 4. The summed E-state index contributed by atoms with van der Waals surface area (Å²) >= 11 is 0. The van der Waals surface area contributed by atoms with Crippen LogP contribution >= 0.6 is 0 Å². The van der Waals surface area contributed by atoms with Crippen LogP contribution in [0.5, 0.6) is 0 Å². The van der Waals surface area contributed by atoms with Crippen molar-refractivity contribution in [3.8, 4) is 0 Å². The lowest BCUT2D eigenvalue weighted by molar-refractivity contribution is -0.273. The van der Waals surface area contributed by atoms with E-state index in [0.717, 1.165) is 69.4 Å². The maximum absolute atomic E-state index is 12.9. The Morgan fingerprint density at radius 2 is 1.68 bits per heavy atom. The van der Waals surface area contributed by atoms with Gasteiger partial charge in [-0.2, -0.15) is 0 Å². The fourth-order valence-corrected chi connectivity index (χ4v) is 12.0. The third kappa shape index (κ3) is 4.84. The van der Waals surface area contributed by atoms with Crippen molar-refractivity contribution in [2.24, 2.45) is 52.3 Å². The molecule has 1 amide bonds. The van der Waals surface area contributed by atoms with Crippen LogP contribution in [0.3, 0.4) is 0 Å². The summed E-state index contributed by atoms with van der Waals surface area (Å²) < 4.78 is 13.5. The van der Waals surface area contributed by atoms with Crippen LogP contribution in [0.2, 0.25) is 0 Å². The maximum Gasteiger partial charge on any atom is 0.221 e. The van der Waals surface area contributed by atoms with Crippen LogP contribution in [0.25, 0.3) is 0 Å². The summed E-state index contributed by atoms with van der Waals surface area (Å²) in [7, 11) is 2.19. The number of likely N-dealkylation sites (N-methyl/N-ethyl adjacent to an activating group) is 1. The number of carbonyl (C=O) groups is 1. The molecular formula is C35H59N3O3. The Labute approximate surface area is 250 Å². The molecule has 1 N–H and O–H groups in total. The molecule has 3 aliphatic heterocycles. The minimum Gasteiger partial charge on any atom is -0.353 e. The Morgan fingerprint density at radius 3 is 2.44 bits per heavy atom. The molecule has 6 heteroatoms. The maximum atomic E-state index is 12.9. The zero-order valence-corrected chi connectivity index (χ0v) is 26.8. The molecule has 0 aromatic rings. The molecule has 41 heavy (non-hydrogen) atoms. The van der Waals surface area contributed by atoms with Crippen LogP contribution in [0, 0.1) is 52.3 Å². The lowest BCUT2D eigenvalue weighted by atomic mass is 9.44. The van der Waals surface area contributed by atoms with Crippen LogP contribution < -0.4 is 5.32 Å². The molecule has 0 radical (unpaired) electrons. The Balaban J connectivity index is 0.964. The first-order chi connectivity index (χ1) is 19.6. The van der Waals surface area contributed by atoms with Gasteiger partial charge in [0.25, 0.3) is 0 Å². The SMILES string of the molecule is C[C@@H]1CC[C@@]2(OC1)O[C@H]1C[C@H]3[C@@H]4CC[C@H]5C[C@H](NC(=O)CCN6CCN(C)CC6)CC[C@]5(C)[C@H]4CC[C@]3(C)[C@H]1[C@@H]2C. The second kappa shape index (κ2) is 10.7. The number of hydrogen-bond acceptors (Lipinski definition) is 5. The van der Waals surface area contributed by atoms with Crippen molar-refractivity contribution in [1.29, 1.82) is 0 Å². The molecule has 4 saturated carbocycles. The number of piperazine rings is 1.